The van der Waals surface area contributed by atoms with Crippen molar-refractivity contribution in [1.29, 1.82) is 0 Å². The van der Waals surface area contributed by atoms with Gasteiger partial charge in [-0.2, -0.15) is 0 Å². The first-order valence-corrected chi connectivity index (χ1v) is 23.5. The summed E-state index contributed by atoms with van der Waals surface area (Å²) in [4.78, 5) is 65.4. The second-order valence-electron chi connectivity index (χ2n) is 19.8. The maximum absolute atomic E-state index is 14.7. The van der Waals surface area contributed by atoms with Crippen LogP contribution in [-0.2, 0) is 52.8 Å². The minimum absolute atomic E-state index is 0.00434. The lowest BCUT2D eigenvalue weighted by molar-refractivity contribution is -0.155. The number of phenolic OH excluding ortho intramolecular Hbond substituents is 1. The minimum Gasteiger partial charge on any atom is -0.508 e. The van der Waals surface area contributed by atoms with E-state index in [0.717, 1.165) is 51.0 Å². The highest BCUT2D eigenvalue weighted by Gasteiger charge is 2.40. The first-order chi connectivity index (χ1) is 31.4. The third-order valence-corrected chi connectivity index (χ3v) is 13.3. The SMILES string of the molecule is CCn1c(-c2cccnc2[C@H](C)OC)c2c3cc(ccc31)-c1cc(O)cc(c1)C[C@H](NC(=O)C(C(C)C)N(C)C(=O)[C@H]1CC[C@@H](CN(C)C)O1)C(=O)N1CCC[C@H](N1)C(=O)OCC(C)(C)C2. The normalized spacial score (nSPS) is 22.3. The Morgan fingerprint density at radius 3 is 2.53 bits per heavy atom. The lowest BCUT2D eigenvalue weighted by atomic mass is 9.84. The number of rotatable bonds is 11. The fourth-order valence-corrected chi connectivity index (χ4v) is 10.0. The van der Waals surface area contributed by atoms with E-state index in [1.807, 2.05) is 58.0 Å². The Bertz CT molecular complexity index is 2430. The summed E-state index contributed by atoms with van der Waals surface area (Å²) in [5, 5.41) is 16.8. The van der Waals surface area contributed by atoms with Crippen LogP contribution in [0.5, 0.6) is 5.75 Å². The second-order valence-corrected chi connectivity index (χ2v) is 19.8. The Morgan fingerprint density at radius 1 is 1.05 bits per heavy atom. The van der Waals surface area contributed by atoms with Crippen LogP contribution in [0.25, 0.3) is 33.3 Å². The number of likely N-dealkylation sites (N-methyl/N-ethyl adjacent to an activating group) is 2. The molecule has 3 aliphatic heterocycles. The molecule has 6 atom stereocenters. The molecule has 0 saturated carbocycles. The number of carbonyl (C=O) groups excluding carboxylic acids is 4. The number of ether oxygens (including phenoxy) is 3. The Balaban J connectivity index is 1.30. The van der Waals surface area contributed by atoms with Gasteiger partial charge in [0.05, 0.1) is 30.2 Å². The van der Waals surface area contributed by atoms with Gasteiger partial charge in [-0.25, -0.2) is 5.43 Å². The maximum Gasteiger partial charge on any atom is 0.324 e. The molecule has 356 valence electrons. The van der Waals surface area contributed by atoms with Crippen LogP contribution >= 0.6 is 0 Å². The lowest BCUT2D eigenvalue weighted by Gasteiger charge is -2.37. The van der Waals surface area contributed by atoms with Gasteiger partial charge < -0.3 is 39.0 Å². The van der Waals surface area contributed by atoms with Gasteiger partial charge in [0, 0.05) is 68.3 Å². The van der Waals surface area contributed by atoms with Crippen LogP contribution in [0.15, 0.2) is 54.7 Å². The van der Waals surface area contributed by atoms with Crippen molar-refractivity contribution in [3.8, 4) is 28.1 Å². The molecule has 2 saturated heterocycles. The molecule has 2 fully saturated rings. The van der Waals surface area contributed by atoms with Crippen molar-refractivity contribution in [2.24, 2.45) is 11.3 Å². The number of nitrogens with zero attached hydrogens (tertiary/aromatic N) is 5. The molecular formula is C51H69N7O8. The molecule has 15 heteroatoms. The number of amides is 3. The first-order valence-electron chi connectivity index (χ1n) is 23.5. The van der Waals surface area contributed by atoms with Gasteiger partial charge in [0.15, 0.2) is 0 Å². The first kappa shape index (κ1) is 48.6. The summed E-state index contributed by atoms with van der Waals surface area (Å²) in [6.07, 6.45) is 3.58. The van der Waals surface area contributed by atoms with E-state index in [1.54, 1.807) is 32.5 Å². The highest BCUT2D eigenvalue weighted by molar-refractivity contribution is 5.96. The highest BCUT2D eigenvalue weighted by Crippen LogP contribution is 2.42. The summed E-state index contributed by atoms with van der Waals surface area (Å²) in [5.41, 5.74) is 9.66. The van der Waals surface area contributed by atoms with Crippen LogP contribution < -0.4 is 10.7 Å². The molecule has 2 aromatic carbocycles. The van der Waals surface area contributed by atoms with Crippen molar-refractivity contribution in [3.63, 3.8) is 0 Å². The number of hydrazine groups is 1. The van der Waals surface area contributed by atoms with Gasteiger partial charge in [-0.15, -0.1) is 0 Å². The largest absolute Gasteiger partial charge is 0.508 e. The van der Waals surface area contributed by atoms with Crippen LogP contribution in [0.4, 0.5) is 0 Å². The fraction of sp³-hybridized carbons (Fsp3) is 0.549. The molecule has 0 aliphatic carbocycles. The molecule has 0 spiro atoms. The molecule has 2 aromatic heterocycles. The van der Waals surface area contributed by atoms with Gasteiger partial charge >= 0.3 is 5.97 Å². The molecular weight excluding hydrogens is 839 g/mol. The monoisotopic (exact) mass is 908 g/mol. The quantitative estimate of drug-likeness (QED) is 0.150. The van der Waals surface area contributed by atoms with E-state index in [-0.39, 0.29) is 42.8 Å². The van der Waals surface area contributed by atoms with E-state index in [9.17, 15) is 24.3 Å². The van der Waals surface area contributed by atoms with Crippen molar-refractivity contribution in [1.82, 2.24) is 35.1 Å². The molecule has 3 N–H and O–H groups in total. The number of aromatic hydroxyl groups is 1. The number of hydrogen-bond donors (Lipinski definition) is 3. The van der Waals surface area contributed by atoms with Crippen LogP contribution in [0.3, 0.4) is 0 Å². The predicted octanol–water partition coefficient (Wildman–Crippen LogP) is 6.04. The molecule has 1 unspecified atom stereocenters. The van der Waals surface area contributed by atoms with Crippen LogP contribution in [-0.4, -0.2) is 131 Å². The number of nitrogens with one attached hydrogen (secondary N) is 2. The average Bonchev–Trinajstić information content (AvgIpc) is 3.87. The number of pyridine rings is 1. The van der Waals surface area contributed by atoms with Crippen LogP contribution in [0.2, 0.25) is 0 Å². The number of fused-ring (bicyclic) bond motifs is 6. The highest BCUT2D eigenvalue weighted by atomic mass is 16.5. The summed E-state index contributed by atoms with van der Waals surface area (Å²) in [7, 11) is 7.21. The molecule has 3 amide bonds. The number of esters is 1. The smallest absolute Gasteiger partial charge is 0.324 e. The topological polar surface area (TPSA) is 168 Å². The van der Waals surface area contributed by atoms with Gasteiger partial charge in [0.2, 0.25) is 5.91 Å². The maximum atomic E-state index is 14.7. The van der Waals surface area contributed by atoms with Crippen molar-refractivity contribution < 1.29 is 38.5 Å². The third kappa shape index (κ3) is 10.4. The van der Waals surface area contributed by atoms with E-state index < -0.39 is 47.4 Å². The zero-order valence-corrected chi connectivity index (χ0v) is 40.3. The van der Waals surface area contributed by atoms with Gasteiger partial charge in [0.25, 0.3) is 11.8 Å². The molecule has 5 heterocycles. The Hall–Kier alpha value is -5.35. The van der Waals surface area contributed by atoms with E-state index in [4.69, 9.17) is 19.2 Å². The molecule has 66 heavy (non-hydrogen) atoms. The Kier molecular flexibility index (Phi) is 14.9. The summed E-state index contributed by atoms with van der Waals surface area (Å²) in [6, 6.07) is 12.7. The lowest BCUT2D eigenvalue weighted by Crippen LogP contribution is -2.62. The van der Waals surface area contributed by atoms with E-state index in [2.05, 4.69) is 54.3 Å². The van der Waals surface area contributed by atoms with E-state index in [0.29, 0.717) is 50.9 Å². The number of hydrogen-bond acceptors (Lipinski definition) is 11. The number of aryl methyl sites for hydroxylation is 1. The van der Waals surface area contributed by atoms with Crippen LogP contribution in [0.1, 0.15) is 90.2 Å². The molecule has 3 aliphatic rings. The Labute approximate surface area is 389 Å². The summed E-state index contributed by atoms with van der Waals surface area (Å²) < 4.78 is 20.4. The Morgan fingerprint density at radius 2 is 1.82 bits per heavy atom. The van der Waals surface area contributed by atoms with Crippen LogP contribution in [0, 0.1) is 11.3 Å². The van der Waals surface area contributed by atoms with Crippen molar-refractivity contribution in [2.75, 3.05) is 47.9 Å². The number of carbonyl (C=O) groups is 4. The number of phenols is 1. The molecule has 0 radical (unpaired) electrons. The van der Waals surface area contributed by atoms with Crippen molar-refractivity contribution >= 4 is 34.6 Å². The van der Waals surface area contributed by atoms with Gasteiger partial charge in [-0.05, 0) is 125 Å². The fourth-order valence-electron chi connectivity index (χ4n) is 10.0. The zero-order chi connectivity index (χ0) is 47.6. The minimum atomic E-state index is -1.14. The van der Waals surface area contributed by atoms with E-state index >= 15 is 0 Å². The summed E-state index contributed by atoms with van der Waals surface area (Å²) >= 11 is 0. The van der Waals surface area contributed by atoms with Gasteiger partial charge in [-0.1, -0.05) is 39.8 Å². The second kappa shape index (κ2) is 20.3. The zero-order valence-electron chi connectivity index (χ0n) is 40.3. The summed E-state index contributed by atoms with van der Waals surface area (Å²) in [6.45, 7) is 13.8. The molecule has 4 aromatic rings. The van der Waals surface area contributed by atoms with Gasteiger partial charge in [0.1, 0.15) is 30.0 Å². The number of cyclic esters (lactones) is 1. The molecule has 7 rings (SSSR count). The summed E-state index contributed by atoms with van der Waals surface area (Å²) in [5.74, 6) is -2.01. The molecule has 15 nitrogen and oxygen atoms in total. The average molecular weight is 908 g/mol. The van der Waals surface area contributed by atoms with Gasteiger partial charge in [-0.3, -0.25) is 29.2 Å². The number of aromatic nitrogens is 2. The third-order valence-electron chi connectivity index (χ3n) is 13.3. The van der Waals surface area contributed by atoms with Crippen molar-refractivity contribution in [3.05, 3.63) is 71.5 Å². The number of methoxy groups -OCH3 is 1. The van der Waals surface area contributed by atoms with E-state index in [1.165, 1.54) is 9.91 Å². The standard InChI is InChI=1S/C51H69N7O8/c1-11-57-42-18-16-33-26-38(42)39(46(57)37-14-12-20-52-44(37)31(4)64-10)27-51(5,6)29-65-50(63)40-15-13-21-58(54-40)48(61)41(24-32-22-34(33)25-35(59)23-32)53-47(60)45(30(2)3)56(9)49(62)43-19-17-36(66-43)28-55(7)8/h12,14,16,18,20,22-23,25-26,30-31,36,40-41,43,45,54,59H,11,13,15,17,19,21,24,27-29H2,1-10H3,(H,53,60)/t31-,36-,40-,41-,43+,45?/m0/s1. The molecule has 6 bridgehead atoms. The predicted molar refractivity (Wildman–Crippen MR) is 253 cm³/mol. The number of benzene rings is 2. The van der Waals surface area contributed by atoms with Crippen molar-refractivity contribution in [2.45, 2.75) is 123 Å².